The van der Waals surface area contributed by atoms with Gasteiger partial charge in [-0.2, -0.15) is 5.10 Å². The van der Waals surface area contributed by atoms with Crippen molar-refractivity contribution in [1.82, 2.24) is 19.7 Å². The van der Waals surface area contributed by atoms with Gasteiger partial charge in [-0.3, -0.25) is 4.79 Å². The maximum Gasteiger partial charge on any atom is 0.255 e. The molecule has 0 saturated carbocycles. The van der Waals surface area contributed by atoms with Crippen LogP contribution in [0.1, 0.15) is 35.7 Å². The van der Waals surface area contributed by atoms with Gasteiger partial charge in [0.1, 0.15) is 0 Å². The van der Waals surface area contributed by atoms with E-state index in [1.165, 1.54) is 0 Å². The van der Waals surface area contributed by atoms with E-state index in [1.54, 1.807) is 12.4 Å². The fourth-order valence-corrected chi connectivity index (χ4v) is 3.87. The van der Waals surface area contributed by atoms with Crippen LogP contribution in [0.5, 0.6) is 0 Å². The van der Waals surface area contributed by atoms with E-state index in [1.807, 2.05) is 33.8 Å². The van der Waals surface area contributed by atoms with Crippen molar-refractivity contribution in [3.8, 4) is 0 Å². The molecule has 1 fully saturated rings. The summed E-state index contributed by atoms with van der Waals surface area (Å²) in [6.07, 6.45) is 5.43. The standard InChI is InChI=1S/C21H25N5O.2ClH/c1-15-7-8-25(19(9-15)11-22)21(27)18-10-17-13-24-26(20(17)23-12-18)14-16-5-3-2-4-6-16;;/h2-6,10,12-13,15,19H,7-9,11,14,22H2,1H3;2*1H. The molecule has 8 heteroatoms. The Morgan fingerprint density at radius 2 is 1.97 bits per heavy atom. The number of aromatic nitrogens is 3. The molecule has 1 amide bonds. The second-order valence-electron chi connectivity index (χ2n) is 7.44. The van der Waals surface area contributed by atoms with Gasteiger partial charge >= 0.3 is 0 Å². The molecule has 1 aliphatic heterocycles. The van der Waals surface area contributed by atoms with Crippen LogP contribution < -0.4 is 5.73 Å². The lowest BCUT2D eigenvalue weighted by molar-refractivity contribution is 0.0573. The Kier molecular flexibility index (Phi) is 8.02. The molecule has 1 aromatic carbocycles. The molecule has 4 rings (SSSR count). The van der Waals surface area contributed by atoms with Crippen LogP contribution in [0.15, 0.2) is 48.8 Å². The Morgan fingerprint density at radius 3 is 2.69 bits per heavy atom. The number of hydrogen-bond donors (Lipinski definition) is 1. The smallest absolute Gasteiger partial charge is 0.255 e. The zero-order chi connectivity index (χ0) is 18.8. The SMILES string of the molecule is CC1CCN(C(=O)c2cnc3c(cnn3Cc3ccccc3)c2)C(CN)C1.Cl.Cl. The van der Waals surface area contributed by atoms with Crippen molar-refractivity contribution in [2.24, 2.45) is 11.7 Å². The number of pyridine rings is 1. The summed E-state index contributed by atoms with van der Waals surface area (Å²) in [7, 11) is 0. The lowest BCUT2D eigenvalue weighted by Crippen LogP contribution is -2.49. The number of rotatable bonds is 4. The fraction of sp³-hybridized carbons (Fsp3) is 0.381. The zero-order valence-electron chi connectivity index (χ0n) is 16.4. The molecule has 1 saturated heterocycles. The van der Waals surface area contributed by atoms with Crippen LogP contribution in [0.3, 0.4) is 0 Å². The first-order valence-corrected chi connectivity index (χ1v) is 9.52. The summed E-state index contributed by atoms with van der Waals surface area (Å²) < 4.78 is 1.87. The topological polar surface area (TPSA) is 77.0 Å². The number of benzene rings is 1. The van der Waals surface area contributed by atoms with Gasteiger partial charge in [0.2, 0.25) is 0 Å². The summed E-state index contributed by atoms with van der Waals surface area (Å²) in [6.45, 7) is 4.14. The number of carbonyl (C=O) groups excluding carboxylic acids is 1. The van der Waals surface area contributed by atoms with Gasteiger partial charge in [0.25, 0.3) is 5.91 Å². The second-order valence-corrected chi connectivity index (χ2v) is 7.44. The van der Waals surface area contributed by atoms with Crippen LogP contribution in [0.25, 0.3) is 11.0 Å². The minimum atomic E-state index is 0. The summed E-state index contributed by atoms with van der Waals surface area (Å²) in [5.74, 6) is 0.627. The van der Waals surface area contributed by atoms with E-state index >= 15 is 0 Å². The largest absolute Gasteiger partial charge is 0.334 e. The summed E-state index contributed by atoms with van der Waals surface area (Å²) in [4.78, 5) is 19.5. The van der Waals surface area contributed by atoms with Crippen molar-refractivity contribution in [1.29, 1.82) is 0 Å². The molecule has 2 atom stereocenters. The maximum absolute atomic E-state index is 13.0. The number of piperidine rings is 1. The zero-order valence-corrected chi connectivity index (χ0v) is 18.0. The molecule has 2 aromatic heterocycles. The Labute approximate surface area is 183 Å². The third kappa shape index (κ3) is 4.89. The number of fused-ring (bicyclic) bond motifs is 1. The van der Waals surface area contributed by atoms with E-state index in [4.69, 9.17) is 5.73 Å². The quantitative estimate of drug-likeness (QED) is 0.679. The predicted octanol–water partition coefficient (Wildman–Crippen LogP) is 3.52. The van der Waals surface area contributed by atoms with Gasteiger partial charge in [0.05, 0.1) is 18.3 Å². The van der Waals surface area contributed by atoms with Crippen molar-refractivity contribution in [3.63, 3.8) is 0 Å². The first-order valence-electron chi connectivity index (χ1n) is 9.52. The van der Waals surface area contributed by atoms with Crippen molar-refractivity contribution in [2.45, 2.75) is 32.4 Å². The van der Waals surface area contributed by atoms with Gasteiger partial charge in [0.15, 0.2) is 5.65 Å². The van der Waals surface area contributed by atoms with Gasteiger partial charge in [-0.1, -0.05) is 37.3 Å². The minimum absolute atomic E-state index is 0. The summed E-state index contributed by atoms with van der Waals surface area (Å²) in [6, 6.07) is 12.2. The van der Waals surface area contributed by atoms with Crippen LogP contribution in [0.2, 0.25) is 0 Å². The molecule has 1 aliphatic rings. The normalized spacial score (nSPS) is 18.8. The first-order chi connectivity index (χ1) is 13.2. The maximum atomic E-state index is 13.0. The molecule has 0 aliphatic carbocycles. The minimum Gasteiger partial charge on any atom is -0.334 e. The second kappa shape index (κ2) is 10.1. The monoisotopic (exact) mass is 435 g/mol. The predicted molar refractivity (Wildman–Crippen MR) is 120 cm³/mol. The number of hydrogen-bond acceptors (Lipinski definition) is 4. The van der Waals surface area contributed by atoms with E-state index in [0.717, 1.165) is 36.0 Å². The van der Waals surface area contributed by atoms with Crippen molar-refractivity contribution in [3.05, 3.63) is 59.9 Å². The highest BCUT2D eigenvalue weighted by molar-refractivity contribution is 5.97. The van der Waals surface area contributed by atoms with Crippen LogP contribution in [-0.4, -0.2) is 44.7 Å². The summed E-state index contributed by atoms with van der Waals surface area (Å²) in [5, 5.41) is 5.33. The molecule has 0 bridgehead atoms. The van der Waals surface area contributed by atoms with Gasteiger partial charge in [-0.15, -0.1) is 24.8 Å². The number of likely N-dealkylation sites (tertiary alicyclic amines) is 1. The van der Waals surface area contributed by atoms with Crippen LogP contribution in [-0.2, 0) is 6.54 Å². The lowest BCUT2D eigenvalue weighted by Gasteiger charge is -2.38. The van der Waals surface area contributed by atoms with E-state index < -0.39 is 0 Å². The van der Waals surface area contributed by atoms with Gasteiger partial charge in [-0.25, -0.2) is 9.67 Å². The van der Waals surface area contributed by atoms with E-state index in [9.17, 15) is 4.79 Å². The Bertz CT molecular complexity index is 947. The molecule has 156 valence electrons. The van der Waals surface area contributed by atoms with Crippen molar-refractivity contribution < 1.29 is 4.79 Å². The molecule has 0 radical (unpaired) electrons. The Morgan fingerprint density at radius 1 is 1.21 bits per heavy atom. The third-order valence-electron chi connectivity index (χ3n) is 5.41. The molecule has 2 unspecified atom stereocenters. The first kappa shape index (κ1) is 23.1. The summed E-state index contributed by atoms with van der Waals surface area (Å²) >= 11 is 0. The molecule has 6 nitrogen and oxygen atoms in total. The molecule has 0 spiro atoms. The van der Waals surface area contributed by atoms with Gasteiger partial charge in [0, 0.05) is 30.7 Å². The summed E-state index contributed by atoms with van der Waals surface area (Å²) in [5.41, 5.74) is 8.48. The molecule has 29 heavy (non-hydrogen) atoms. The number of halogens is 2. The highest BCUT2D eigenvalue weighted by atomic mass is 35.5. The van der Waals surface area contributed by atoms with E-state index in [-0.39, 0.29) is 36.8 Å². The van der Waals surface area contributed by atoms with Crippen molar-refractivity contribution >= 4 is 41.8 Å². The third-order valence-corrected chi connectivity index (χ3v) is 5.41. The van der Waals surface area contributed by atoms with Gasteiger partial charge in [-0.05, 0) is 30.4 Å². The van der Waals surface area contributed by atoms with Crippen LogP contribution >= 0.6 is 24.8 Å². The Balaban J connectivity index is 0.00000150. The molecular formula is C21H27Cl2N5O. The molecule has 3 heterocycles. The number of carbonyl (C=O) groups is 1. The average molecular weight is 436 g/mol. The van der Waals surface area contributed by atoms with Crippen molar-refractivity contribution in [2.75, 3.05) is 13.1 Å². The number of amides is 1. The van der Waals surface area contributed by atoms with E-state index in [0.29, 0.717) is 24.6 Å². The van der Waals surface area contributed by atoms with Gasteiger partial charge < -0.3 is 10.6 Å². The van der Waals surface area contributed by atoms with Crippen LogP contribution in [0.4, 0.5) is 0 Å². The average Bonchev–Trinajstić information content (AvgIpc) is 3.10. The molecular weight excluding hydrogens is 409 g/mol. The highest BCUT2D eigenvalue weighted by Gasteiger charge is 2.29. The van der Waals surface area contributed by atoms with E-state index in [2.05, 4.69) is 29.1 Å². The number of nitrogens with two attached hydrogens (primary N) is 1. The van der Waals surface area contributed by atoms with Crippen LogP contribution in [0, 0.1) is 5.92 Å². The Hall–Kier alpha value is -2.15. The number of nitrogens with zero attached hydrogens (tertiary/aromatic N) is 4. The molecule has 2 N–H and O–H groups in total. The molecule has 3 aromatic rings. The highest BCUT2D eigenvalue weighted by Crippen LogP contribution is 2.24. The lowest BCUT2D eigenvalue weighted by atomic mass is 9.92. The fourth-order valence-electron chi connectivity index (χ4n) is 3.87.